The fourth-order valence-electron chi connectivity index (χ4n) is 2.57. The molecule has 0 fully saturated rings. The molecule has 0 aromatic heterocycles. The van der Waals surface area contributed by atoms with Crippen molar-refractivity contribution in [2.24, 2.45) is 0 Å². The van der Waals surface area contributed by atoms with Gasteiger partial charge in [0.05, 0.1) is 19.2 Å². The van der Waals surface area contributed by atoms with E-state index in [9.17, 15) is 9.59 Å². The second kappa shape index (κ2) is 6.86. The van der Waals surface area contributed by atoms with Gasteiger partial charge >= 0.3 is 12.3 Å². The average molecular weight is 361 g/mol. The van der Waals surface area contributed by atoms with Gasteiger partial charge in [0.1, 0.15) is 0 Å². The third-order valence-electron chi connectivity index (χ3n) is 3.61. The Kier molecular flexibility index (Phi) is 4.63. The van der Waals surface area contributed by atoms with Crippen molar-refractivity contribution in [3.05, 3.63) is 47.5 Å². The molecule has 3 aromatic rings. The SMILES string of the molecule is COC(=O)Oc1c2ccccc2c(OC(=O)OC)c2c(Cl)cccc12. The number of halogens is 1. The summed E-state index contributed by atoms with van der Waals surface area (Å²) in [7, 11) is 2.43. The molecule has 0 aliphatic carbocycles. The molecule has 0 saturated carbocycles. The zero-order chi connectivity index (χ0) is 18.0. The largest absolute Gasteiger partial charge is 0.513 e. The minimum Gasteiger partial charge on any atom is -0.437 e. The van der Waals surface area contributed by atoms with Gasteiger partial charge in [-0.3, -0.25) is 0 Å². The van der Waals surface area contributed by atoms with Crippen LogP contribution in [0.5, 0.6) is 11.5 Å². The molecule has 0 saturated heterocycles. The zero-order valence-corrected chi connectivity index (χ0v) is 14.1. The highest BCUT2D eigenvalue weighted by Crippen LogP contribution is 2.45. The molecule has 25 heavy (non-hydrogen) atoms. The molecule has 0 unspecified atom stereocenters. The lowest BCUT2D eigenvalue weighted by Gasteiger charge is -2.16. The molecule has 0 aliphatic rings. The highest BCUT2D eigenvalue weighted by atomic mass is 35.5. The van der Waals surface area contributed by atoms with E-state index in [1.807, 2.05) is 0 Å². The first-order valence-corrected chi connectivity index (χ1v) is 7.59. The summed E-state index contributed by atoms with van der Waals surface area (Å²) in [5.41, 5.74) is 0. The third kappa shape index (κ3) is 3.04. The number of carbonyl (C=O) groups is 2. The summed E-state index contributed by atoms with van der Waals surface area (Å²) >= 11 is 6.33. The third-order valence-corrected chi connectivity index (χ3v) is 3.92. The van der Waals surface area contributed by atoms with Crippen molar-refractivity contribution >= 4 is 45.5 Å². The molecular formula is C18H13ClO6. The molecule has 0 aliphatic heterocycles. The van der Waals surface area contributed by atoms with Gasteiger partial charge in [-0.25, -0.2) is 9.59 Å². The quantitative estimate of drug-likeness (QED) is 0.366. The van der Waals surface area contributed by atoms with Gasteiger partial charge in [0, 0.05) is 21.5 Å². The maximum atomic E-state index is 11.7. The number of fused-ring (bicyclic) bond motifs is 2. The van der Waals surface area contributed by atoms with E-state index in [4.69, 9.17) is 21.1 Å². The summed E-state index contributed by atoms with van der Waals surface area (Å²) in [6.07, 6.45) is -1.75. The molecular weight excluding hydrogens is 348 g/mol. The standard InChI is InChI=1S/C18H13ClO6/c1-22-17(20)24-15-10-6-3-4-7-11(10)16(25-18(21)23-2)14-12(15)8-5-9-13(14)19/h3-9H,1-2H3. The number of methoxy groups -OCH3 is 2. The number of ether oxygens (including phenoxy) is 4. The summed E-state index contributed by atoms with van der Waals surface area (Å²) in [5, 5.41) is 2.34. The Labute approximate surface area is 147 Å². The smallest absolute Gasteiger partial charge is 0.437 e. The van der Waals surface area contributed by atoms with E-state index in [1.54, 1.807) is 42.5 Å². The van der Waals surface area contributed by atoms with Crippen LogP contribution in [0.3, 0.4) is 0 Å². The number of carbonyl (C=O) groups excluding carboxylic acids is 2. The van der Waals surface area contributed by atoms with Gasteiger partial charge in [-0.2, -0.15) is 0 Å². The molecule has 0 atom stereocenters. The Hall–Kier alpha value is -2.99. The molecule has 0 heterocycles. The molecule has 0 radical (unpaired) electrons. The summed E-state index contributed by atoms with van der Waals surface area (Å²) in [6.45, 7) is 0. The summed E-state index contributed by atoms with van der Waals surface area (Å²) in [5.74, 6) is 0.484. The molecule has 3 aromatic carbocycles. The van der Waals surface area contributed by atoms with E-state index in [2.05, 4.69) is 9.47 Å². The maximum absolute atomic E-state index is 11.7. The number of hydrogen-bond donors (Lipinski definition) is 0. The average Bonchev–Trinajstić information content (AvgIpc) is 2.63. The van der Waals surface area contributed by atoms with Crippen molar-refractivity contribution in [2.75, 3.05) is 14.2 Å². The lowest BCUT2D eigenvalue weighted by molar-refractivity contribution is 0.120. The van der Waals surface area contributed by atoms with Crippen LogP contribution in [0.25, 0.3) is 21.5 Å². The van der Waals surface area contributed by atoms with Crippen LogP contribution in [0.1, 0.15) is 0 Å². The van der Waals surface area contributed by atoms with Crippen molar-refractivity contribution in [2.45, 2.75) is 0 Å². The first kappa shape index (κ1) is 16.9. The van der Waals surface area contributed by atoms with Crippen molar-refractivity contribution in [3.8, 4) is 11.5 Å². The second-order valence-corrected chi connectivity index (χ2v) is 5.39. The number of hydrogen-bond acceptors (Lipinski definition) is 6. The first-order valence-electron chi connectivity index (χ1n) is 7.21. The Morgan fingerprint density at radius 1 is 0.760 bits per heavy atom. The van der Waals surface area contributed by atoms with Gasteiger partial charge in [-0.05, 0) is 6.07 Å². The molecule has 0 spiro atoms. The van der Waals surface area contributed by atoms with Crippen LogP contribution < -0.4 is 9.47 Å². The van der Waals surface area contributed by atoms with E-state index in [-0.39, 0.29) is 11.5 Å². The zero-order valence-electron chi connectivity index (χ0n) is 13.4. The second-order valence-electron chi connectivity index (χ2n) is 4.98. The van der Waals surface area contributed by atoms with Crippen molar-refractivity contribution in [3.63, 3.8) is 0 Å². The molecule has 3 rings (SSSR count). The van der Waals surface area contributed by atoms with Crippen LogP contribution in [0, 0.1) is 0 Å². The van der Waals surface area contributed by atoms with E-state index in [0.717, 1.165) is 0 Å². The lowest BCUT2D eigenvalue weighted by Crippen LogP contribution is -2.10. The topological polar surface area (TPSA) is 71.1 Å². The van der Waals surface area contributed by atoms with E-state index < -0.39 is 12.3 Å². The molecule has 0 amide bonds. The van der Waals surface area contributed by atoms with Gasteiger partial charge < -0.3 is 18.9 Å². The van der Waals surface area contributed by atoms with Crippen LogP contribution >= 0.6 is 11.6 Å². The fraction of sp³-hybridized carbons (Fsp3) is 0.111. The normalized spacial score (nSPS) is 10.5. The van der Waals surface area contributed by atoms with Gasteiger partial charge in [0.25, 0.3) is 0 Å². The van der Waals surface area contributed by atoms with Crippen LogP contribution in [0.15, 0.2) is 42.5 Å². The van der Waals surface area contributed by atoms with Crippen molar-refractivity contribution in [1.82, 2.24) is 0 Å². The highest BCUT2D eigenvalue weighted by molar-refractivity contribution is 6.37. The lowest BCUT2D eigenvalue weighted by atomic mass is 10.0. The van der Waals surface area contributed by atoms with Crippen LogP contribution in [-0.4, -0.2) is 26.5 Å². The van der Waals surface area contributed by atoms with Gasteiger partial charge in [-0.15, -0.1) is 0 Å². The predicted octanol–water partition coefficient (Wildman–Crippen LogP) is 4.94. The molecule has 6 nitrogen and oxygen atoms in total. The molecule has 128 valence electrons. The summed E-state index contributed by atoms with van der Waals surface area (Å²) < 4.78 is 19.9. The fourth-order valence-corrected chi connectivity index (χ4v) is 2.83. The van der Waals surface area contributed by atoms with Gasteiger partial charge in [-0.1, -0.05) is 48.0 Å². The first-order chi connectivity index (χ1) is 12.1. The Morgan fingerprint density at radius 3 is 1.88 bits per heavy atom. The minimum absolute atomic E-state index is 0.222. The minimum atomic E-state index is -0.881. The molecule has 7 heteroatoms. The Balaban J connectivity index is 2.43. The van der Waals surface area contributed by atoms with Crippen LogP contribution in [0.2, 0.25) is 5.02 Å². The predicted molar refractivity (Wildman–Crippen MR) is 92.5 cm³/mol. The van der Waals surface area contributed by atoms with E-state index in [0.29, 0.717) is 26.6 Å². The summed E-state index contributed by atoms with van der Waals surface area (Å²) in [6, 6.07) is 12.0. The molecule has 0 N–H and O–H groups in total. The summed E-state index contributed by atoms with van der Waals surface area (Å²) in [4.78, 5) is 23.4. The van der Waals surface area contributed by atoms with Gasteiger partial charge in [0.15, 0.2) is 11.5 Å². The van der Waals surface area contributed by atoms with E-state index >= 15 is 0 Å². The molecule has 0 bridgehead atoms. The highest BCUT2D eigenvalue weighted by Gasteiger charge is 2.22. The number of benzene rings is 3. The maximum Gasteiger partial charge on any atom is 0.513 e. The van der Waals surface area contributed by atoms with Crippen LogP contribution in [0.4, 0.5) is 9.59 Å². The Bertz CT molecular complexity index is 982. The van der Waals surface area contributed by atoms with Gasteiger partial charge in [0.2, 0.25) is 0 Å². The monoisotopic (exact) mass is 360 g/mol. The van der Waals surface area contributed by atoms with Crippen molar-refractivity contribution in [1.29, 1.82) is 0 Å². The van der Waals surface area contributed by atoms with E-state index in [1.165, 1.54) is 14.2 Å². The number of rotatable bonds is 2. The van der Waals surface area contributed by atoms with Crippen LogP contribution in [-0.2, 0) is 9.47 Å². The van der Waals surface area contributed by atoms with Crippen molar-refractivity contribution < 1.29 is 28.5 Å². The Morgan fingerprint density at radius 2 is 1.28 bits per heavy atom.